The maximum atomic E-state index is 12.7. The van der Waals surface area contributed by atoms with Crippen molar-refractivity contribution in [2.24, 2.45) is 0 Å². The van der Waals surface area contributed by atoms with E-state index in [1.807, 2.05) is 23.1 Å². The molecule has 0 unspecified atom stereocenters. The van der Waals surface area contributed by atoms with E-state index < -0.39 is 0 Å². The highest BCUT2D eigenvalue weighted by molar-refractivity contribution is 5.82. The Labute approximate surface area is 188 Å². The van der Waals surface area contributed by atoms with E-state index in [2.05, 4.69) is 56.1 Å². The van der Waals surface area contributed by atoms with Gasteiger partial charge in [-0.05, 0) is 42.5 Å². The molecular formula is C25H29N5O2. The minimum atomic E-state index is 0.202. The predicted octanol–water partition coefficient (Wildman–Crippen LogP) is 2.93. The first-order valence-electron chi connectivity index (χ1n) is 11.3. The number of carbonyl (C=O) groups excluding carboxylic acids is 1. The third-order valence-corrected chi connectivity index (χ3v) is 6.32. The van der Waals surface area contributed by atoms with Gasteiger partial charge in [0, 0.05) is 32.1 Å². The molecule has 1 aromatic heterocycles. The van der Waals surface area contributed by atoms with Gasteiger partial charge in [-0.1, -0.05) is 42.5 Å². The third-order valence-electron chi connectivity index (χ3n) is 6.32. The van der Waals surface area contributed by atoms with Gasteiger partial charge in [0.1, 0.15) is 11.6 Å². The normalized spacial score (nSPS) is 16.5. The summed E-state index contributed by atoms with van der Waals surface area (Å²) in [6, 6.07) is 19.0. The molecular weight excluding hydrogens is 402 g/mol. The standard InChI is InChI=1S/C25H29N5O2/c1-32-22-11-7-20(8-12-22)17-23-26-27-25(30(23)14-13-19-5-3-2-4-6-19)28-15-16-29(21-9-10-21)24(31)18-28/h2-8,11-12,21H,9-10,13-18H2,1H3. The summed E-state index contributed by atoms with van der Waals surface area (Å²) >= 11 is 0. The second-order valence-electron chi connectivity index (χ2n) is 8.57. The molecule has 1 aliphatic carbocycles. The predicted molar refractivity (Wildman–Crippen MR) is 123 cm³/mol. The molecule has 5 rings (SSSR count). The van der Waals surface area contributed by atoms with Crippen LogP contribution in [-0.2, 0) is 24.2 Å². The number of anilines is 1. The Bertz CT molecular complexity index is 1060. The summed E-state index contributed by atoms with van der Waals surface area (Å²) in [6.45, 7) is 2.72. The van der Waals surface area contributed by atoms with Gasteiger partial charge in [0.2, 0.25) is 11.9 Å². The van der Waals surface area contributed by atoms with Crippen molar-refractivity contribution in [1.29, 1.82) is 0 Å². The lowest BCUT2D eigenvalue weighted by atomic mass is 10.1. The Kier molecular flexibility index (Phi) is 5.79. The van der Waals surface area contributed by atoms with E-state index in [0.717, 1.165) is 62.0 Å². The molecule has 2 heterocycles. The van der Waals surface area contributed by atoms with Crippen LogP contribution < -0.4 is 9.64 Å². The van der Waals surface area contributed by atoms with Crippen molar-refractivity contribution >= 4 is 11.9 Å². The Morgan fingerprint density at radius 1 is 0.969 bits per heavy atom. The summed E-state index contributed by atoms with van der Waals surface area (Å²) in [7, 11) is 1.67. The van der Waals surface area contributed by atoms with E-state index >= 15 is 0 Å². The lowest BCUT2D eigenvalue weighted by molar-refractivity contribution is -0.131. The van der Waals surface area contributed by atoms with Crippen LogP contribution in [0.25, 0.3) is 0 Å². The molecule has 2 aromatic carbocycles. The number of amides is 1. The van der Waals surface area contributed by atoms with E-state index in [4.69, 9.17) is 4.74 Å². The molecule has 1 amide bonds. The van der Waals surface area contributed by atoms with E-state index in [9.17, 15) is 4.79 Å². The minimum Gasteiger partial charge on any atom is -0.497 e. The number of hydrogen-bond acceptors (Lipinski definition) is 5. The van der Waals surface area contributed by atoms with E-state index in [0.29, 0.717) is 19.0 Å². The van der Waals surface area contributed by atoms with Crippen LogP contribution in [0.2, 0.25) is 0 Å². The Morgan fingerprint density at radius 3 is 2.44 bits per heavy atom. The fourth-order valence-corrected chi connectivity index (χ4v) is 4.36. The molecule has 0 radical (unpaired) electrons. The molecule has 32 heavy (non-hydrogen) atoms. The molecule has 2 fully saturated rings. The first-order valence-corrected chi connectivity index (χ1v) is 11.3. The highest BCUT2D eigenvalue weighted by Crippen LogP contribution is 2.29. The van der Waals surface area contributed by atoms with E-state index in [1.165, 1.54) is 5.56 Å². The topological polar surface area (TPSA) is 63.5 Å². The largest absolute Gasteiger partial charge is 0.497 e. The number of aryl methyl sites for hydroxylation is 1. The third kappa shape index (κ3) is 4.47. The van der Waals surface area contributed by atoms with Crippen LogP contribution in [0.5, 0.6) is 5.75 Å². The lowest BCUT2D eigenvalue weighted by Gasteiger charge is -2.35. The van der Waals surface area contributed by atoms with Crippen LogP contribution in [-0.4, -0.2) is 58.4 Å². The number of ether oxygens (including phenoxy) is 1. The molecule has 7 heteroatoms. The van der Waals surface area contributed by atoms with Gasteiger partial charge >= 0.3 is 0 Å². The van der Waals surface area contributed by atoms with Crippen LogP contribution >= 0.6 is 0 Å². The van der Waals surface area contributed by atoms with Gasteiger partial charge in [0.15, 0.2) is 0 Å². The number of nitrogens with zero attached hydrogens (tertiary/aromatic N) is 5. The van der Waals surface area contributed by atoms with Crippen LogP contribution in [0.3, 0.4) is 0 Å². The summed E-state index contributed by atoms with van der Waals surface area (Å²) in [5.41, 5.74) is 2.43. The SMILES string of the molecule is COc1ccc(Cc2nnc(N3CCN(C4CC4)C(=O)C3)n2CCc2ccccc2)cc1. The monoisotopic (exact) mass is 431 g/mol. The fourth-order valence-electron chi connectivity index (χ4n) is 4.36. The van der Waals surface area contributed by atoms with Crippen LogP contribution in [0.4, 0.5) is 5.95 Å². The number of piperazine rings is 1. The molecule has 1 saturated heterocycles. The summed E-state index contributed by atoms with van der Waals surface area (Å²) in [5, 5.41) is 9.09. The Hall–Kier alpha value is -3.35. The molecule has 0 spiro atoms. The van der Waals surface area contributed by atoms with Crippen molar-refractivity contribution in [3.05, 3.63) is 71.5 Å². The number of hydrogen-bond donors (Lipinski definition) is 0. The van der Waals surface area contributed by atoms with Crippen molar-refractivity contribution in [2.75, 3.05) is 31.6 Å². The molecule has 166 valence electrons. The van der Waals surface area contributed by atoms with Gasteiger partial charge in [-0.25, -0.2) is 0 Å². The average Bonchev–Trinajstić information content (AvgIpc) is 3.59. The lowest BCUT2D eigenvalue weighted by Crippen LogP contribution is -2.52. The number of methoxy groups -OCH3 is 1. The molecule has 2 aliphatic rings. The summed E-state index contributed by atoms with van der Waals surface area (Å²) in [4.78, 5) is 16.9. The van der Waals surface area contributed by atoms with Gasteiger partial charge < -0.3 is 14.5 Å². The van der Waals surface area contributed by atoms with Gasteiger partial charge in [-0.2, -0.15) is 0 Å². The first-order chi connectivity index (χ1) is 15.7. The van der Waals surface area contributed by atoms with E-state index in [1.54, 1.807) is 7.11 Å². The fraction of sp³-hybridized carbons (Fsp3) is 0.400. The minimum absolute atomic E-state index is 0.202. The van der Waals surface area contributed by atoms with Crippen molar-refractivity contribution < 1.29 is 9.53 Å². The molecule has 7 nitrogen and oxygen atoms in total. The second kappa shape index (κ2) is 9.02. The van der Waals surface area contributed by atoms with Crippen molar-refractivity contribution in [3.63, 3.8) is 0 Å². The quantitative estimate of drug-likeness (QED) is 0.549. The van der Waals surface area contributed by atoms with Crippen molar-refractivity contribution in [1.82, 2.24) is 19.7 Å². The molecule has 3 aromatic rings. The maximum Gasteiger partial charge on any atom is 0.242 e. The highest BCUT2D eigenvalue weighted by atomic mass is 16.5. The van der Waals surface area contributed by atoms with Gasteiger partial charge in [0.25, 0.3) is 0 Å². The molecule has 0 N–H and O–H groups in total. The zero-order valence-corrected chi connectivity index (χ0v) is 18.5. The zero-order chi connectivity index (χ0) is 21.9. The maximum absolute atomic E-state index is 12.7. The summed E-state index contributed by atoms with van der Waals surface area (Å²) < 4.78 is 7.47. The molecule has 0 atom stereocenters. The Balaban J connectivity index is 1.38. The van der Waals surface area contributed by atoms with Crippen LogP contribution in [0, 0.1) is 0 Å². The van der Waals surface area contributed by atoms with Crippen LogP contribution in [0.1, 0.15) is 29.8 Å². The summed E-state index contributed by atoms with van der Waals surface area (Å²) in [5.74, 6) is 2.76. The summed E-state index contributed by atoms with van der Waals surface area (Å²) in [6.07, 6.45) is 3.86. The van der Waals surface area contributed by atoms with Crippen molar-refractivity contribution in [2.45, 2.75) is 38.3 Å². The molecule has 1 saturated carbocycles. The second-order valence-corrected chi connectivity index (χ2v) is 8.57. The van der Waals surface area contributed by atoms with Crippen molar-refractivity contribution in [3.8, 4) is 5.75 Å². The van der Waals surface area contributed by atoms with E-state index in [-0.39, 0.29) is 5.91 Å². The molecule has 1 aliphatic heterocycles. The number of carbonyl (C=O) groups is 1. The zero-order valence-electron chi connectivity index (χ0n) is 18.5. The molecule has 0 bridgehead atoms. The number of rotatable bonds is 8. The van der Waals surface area contributed by atoms with Gasteiger partial charge in [-0.3, -0.25) is 9.36 Å². The van der Waals surface area contributed by atoms with Gasteiger partial charge in [0.05, 0.1) is 13.7 Å². The van der Waals surface area contributed by atoms with Gasteiger partial charge in [-0.15, -0.1) is 10.2 Å². The number of benzene rings is 2. The average molecular weight is 432 g/mol. The first kappa shape index (κ1) is 20.5. The van der Waals surface area contributed by atoms with Crippen LogP contribution in [0.15, 0.2) is 54.6 Å². The smallest absolute Gasteiger partial charge is 0.242 e. The highest BCUT2D eigenvalue weighted by Gasteiger charge is 2.36. The Morgan fingerprint density at radius 2 is 1.75 bits per heavy atom. The number of aromatic nitrogens is 3.